The molecule has 0 saturated heterocycles. The van der Waals surface area contributed by atoms with E-state index in [1.165, 1.54) is 0 Å². The lowest BCUT2D eigenvalue weighted by Crippen LogP contribution is -2.48. The number of halogens is 1. The zero-order valence-electron chi connectivity index (χ0n) is 13.6. The van der Waals surface area contributed by atoms with Crippen LogP contribution < -0.4 is 4.74 Å². The third-order valence-electron chi connectivity index (χ3n) is 4.92. The number of ketones is 2. The maximum Gasteiger partial charge on any atom is 0.238 e. The summed E-state index contributed by atoms with van der Waals surface area (Å²) in [6.07, 6.45) is 2.03. The molecule has 1 atom stereocenters. The van der Waals surface area contributed by atoms with Crippen LogP contribution in [-0.4, -0.2) is 41.9 Å². The molecule has 0 aromatic heterocycles. The van der Waals surface area contributed by atoms with E-state index in [1.54, 1.807) is 18.1 Å². The lowest BCUT2D eigenvalue weighted by atomic mass is 9.75. The number of hydrogen-bond donors (Lipinski definition) is 0. The number of amides is 1. The lowest BCUT2D eigenvalue weighted by molar-refractivity contribution is -0.142. The first-order valence-corrected chi connectivity index (χ1v) is 8.68. The van der Waals surface area contributed by atoms with Gasteiger partial charge in [-0.15, -0.1) is 11.6 Å². The fourth-order valence-electron chi connectivity index (χ4n) is 3.76. The van der Waals surface area contributed by atoms with Crippen molar-refractivity contribution in [3.05, 3.63) is 29.3 Å². The molecule has 1 aromatic carbocycles. The highest BCUT2D eigenvalue weighted by atomic mass is 35.5. The monoisotopic (exact) mass is 349 g/mol. The standard InChI is InChI=1S/C18H20ClNO4/c1-24-12-5-6-13-11(9-12)7-8-20(16(23)10-19)18(13)17-14(21)3-2-4-15(17)22/h5-6,9,17-18H,2-4,7-8,10H2,1H3/t18-/m0/s1. The number of rotatable bonds is 3. The Hall–Kier alpha value is -1.88. The van der Waals surface area contributed by atoms with Crippen LogP contribution >= 0.6 is 11.6 Å². The molecular formula is C18H20ClNO4. The van der Waals surface area contributed by atoms with Gasteiger partial charge in [0.1, 0.15) is 29.1 Å². The van der Waals surface area contributed by atoms with Crippen molar-refractivity contribution in [3.63, 3.8) is 0 Å². The number of alkyl halides is 1. The SMILES string of the molecule is COc1ccc2c(c1)CCN(C(=O)CCl)[C@@H]2C1C(=O)CCCC1=O. The van der Waals surface area contributed by atoms with Gasteiger partial charge in [-0.3, -0.25) is 14.4 Å². The van der Waals surface area contributed by atoms with E-state index in [0.29, 0.717) is 32.2 Å². The van der Waals surface area contributed by atoms with E-state index >= 15 is 0 Å². The van der Waals surface area contributed by atoms with Gasteiger partial charge < -0.3 is 9.64 Å². The molecular weight excluding hydrogens is 330 g/mol. The number of ether oxygens (including phenoxy) is 1. The summed E-state index contributed by atoms with van der Waals surface area (Å²) in [7, 11) is 1.60. The molecule has 0 radical (unpaired) electrons. The Kier molecular flexibility index (Phi) is 4.90. The van der Waals surface area contributed by atoms with Gasteiger partial charge in [-0.1, -0.05) is 6.07 Å². The second kappa shape index (κ2) is 6.93. The quantitative estimate of drug-likeness (QED) is 0.620. The molecule has 24 heavy (non-hydrogen) atoms. The van der Waals surface area contributed by atoms with Crippen molar-refractivity contribution in [2.45, 2.75) is 31.7 Å². The number of fused-ring (bicyclic) bond motifs is 1. The van der Waals surface area contributed by atoms with Gasteiger partial charge in [0.05, 0.1) is 13.2 Å². The van der Waals surface area contributed by atoms with Crippen molar-refractivity contribution in [1.82, 2.24) is 4.90 Å². The molecule has 0 unspecified atom stereocenters. The van der Waals surface area contributed by atoms with Crippen LogP contribution in [0.1, 0.15) is 36.4 Å². The minimum atomic E-state index is -0.779. The van der Waals surface area contributed by atoms with Crippen molar-refractivity contribution in [2.75, 3.05) is 19.5 Å². The van der Waals surface area contributed by atoms with Gasteiger partial charge in [0.15, 0.2) is 0 Å². The van der Waals surface area contributed by atoms with Crippen LogP contribution in [0.25, 0.3) is 0 Å². The Bertz CT molecular complexity index is 672. The Labute approximate surface area is 145 Å². The van der Waals surface area contributed by atoms with Crippen molar-refractivity contribution < 1.29 is 19.1 Å². The Morgan fingerprint density at radius 3 is 2.58 bits per heavy atom. The third kappa shape index (κ3) is 2.93. The average Bonchev–Trinajstić information content (AvgIpc) is 2.60. The van der Waals surface area contributed by atoms with Crippen LogP contribution in [0.2, 0.25) is 0 Å². The lowest BCUT2D eigenvalue weighted by Gasteiger charge is -2.41. The zero-order chi connectivity index (χ0) is 17.3. The molecule has 1 heterocycles. The van der Waals surface area contributed by atoms with Gasteiger partial charge in [0.25, 0.3) is 0 Å². The van der Waals surface area contributed by atoms with E-state index in [4.69, 9.17) is 16.3 Å². The molecule has 6 heteroatoms. The number of Topliss-reactive ketones (excluding diaryl/α,β-unsaturated/α-hetero) is 2. The number of carbonyl (C=O) groups excluding carboxylic acids is 3. The van der Waals surface area contributed by atoms with Crippen LogP contribution in [0.4, 0.5) is 0 Å². The van der Waals surface area contributed by atoms with Gasteiger partial charge >= 0.3 is 0 Å². The predicted octanol–water partition coefficient (Wildman–Crippen LogP) is 2.30. The summed E-state index contributed by atoms with van der Waals surface area (Å²) in [6.45, 7) is 0.452. The number of nitrogens with zero attached hydrogens (tertiary/aromatic N) is 1. The second-order valence-corrected chi connectivity index (χ2v) is 6.51. The summed E-state index contributed by atoms with van der Waals surface area (Å²) >= 11 is 5.76. The molecule has 3 rings (SSSR count). The van der Waals surface area contributed by atoms with Gasteiger partial charge in [0, 0.05) is 19.4 Å². The van der Waals surface area contributed by atoms with Crippen molar-refractivity contribution in [3.8, 4) is 5.75 Å². The molecule has 1 aromatic rings. The highest BCUT2D eigenvalue weighted by molar-refractivity contribution is 6.27. The zero-order valence-corrected chi connectivity index (χ0v) is 14.3. The Morgan fingerprint density at radius 2 is 1.96 bits per heavy atom. The smallest absolute Gasteiger partial charge is 0.238 e. The third-order valence-corrected chi connectivity index (χ3v) is 5.15. The number of methoxy groups -OCH3 is 1. The summed E-state index contributed by atoms with van der Waals surface area (Å²) in [5.41, 5.74) is 1.87. The van der Waals surface area contributed by atoms with Crippen molar-refractivity contribution >= 4 is 29.1 Å². The van der Waals surface area contributed by atoms with E-state index in [0.717, 1.165) is 16.9 Å². The normalized spacial score (nSPS) is 21.6. The molecule has 1 fully saturated rings. The van der Waals surface area contributed by atoms with Crippen LogP contribution in [0.15, 0.2) is 18.2 Å². The summed E-state index contributed by atoms with van der Waals surface area (Å²) in [5, 5.41) is 0. The summed E-state index contributed by atoms with van der Waals surface area (Å²) in [4.78, 5) is 38.9. The van der Waals surface area contributed by atoms with Gasteiger partial charge in [0.2, 0.25) is 5.91 Å². The van der Waals surface area contributed by atoms with Gasteiger partial charge in [-0.2, -0.15) is 0 Å². The van der Waals surface area contributed by atoms with E-state index in [-0.39, 0.29) is 23.4 Å². The second-order valence-electron chi connectivity index (χ2n) is 6.24. The van der Waals surface area contributed by atoms with E-state index in [1.807, 2.05) is 12.1 Å². The van der Waals surface area contributed by atoms with Crippen LogP contribution in [-0.2, 0) is 20.8 Å². The fraction of sp³-hybridized carbons (Fsp3) is 0.500. The molecule has 0 bridgehead atoms. The number of carbonyl (C=O) groups is 3. The van der Waals surface area contributed by atoms with Crippen molar-refractivity contribution in [2.24, 2.45) is 5.92 Å². The largest absolute Gasteiger partial charge is 0.497 e. The minimum Gasteiger partial charge on any atom is -0.497 e. The topological polar surface area (TPSA) is 63.7 Å². The van der Waals surface area contributed by atoms with Crippen LogP contribution in [0, 0.1) is 5.92 Å². The molecule has 0 N–H and O–H groups in total. The molecule has 1 aliphatic carbocycles. The number of hydrogen-bond acceptors (Lipinski definition) is 4. The van der Waals surface area contributed by atoms with Crippen LogP contribution in [0.3, 0.4) is 0 Å². The molecule has 1 saturated carbocycles. The maximum absolute atomic E-state index is 12.5. The van der Waals surface area contributed by atoms with Gasteiger partial charge in [-0.25, -0.2) is 0 Å². The fourth-order valence-corrected chi connectivity index (χ4v) is 3.91. The van der Waals surface area contributed by atoms with Crippen LogP contribution in [0.5, 0.6) is 5.75 Å². The van der Waals surface area contributed by atoms with Gasteiger partial charge in [-0.05, 0) is 36.1 Å². The first-order chi connectivity index (χ1) is 11.6. The summed E-state index contributed by atoms with van der Waals surface area (Å²) < 4.78 is 5.26. The molecule has 1 aliphatic heterocycles. The average molecular weight is 350 g/mol. The molecule has 2 aliphatic rings. The van der Waals surface area contributed by atoms with E-state index in [2.05, 4.69) is 0 Å². The predicted molar refractivity (Wildman–Crippen MR) is 89.2 cm³/mol. The molecule has 1 amide bonds. The first kappa shape index (κ1) is 17.0. The molecule has 128 valence electrons. The van der Waals surface area contributed by atoms with E-state index < -0.39 is 12.0 Å². The van der Waals surface area contributed by atoms with Crippen molar-refractivity contribution in [1.29, 1.82) is 0 Å². The minimum absolute atomic E-state index is 0.0766. The number of benzene rings is 1. The Morgan fingerprint density at radius 1 is 1.25 bits per heavy atom. The molecule has 0 spiro atoms. The highest BCUT2D eigenvalue weighted by Crippen LogP contribution is 2.40. The molecule has 5 nitrogen and oxygen atoms in total. The summed E-state index contributed by atoms with van der Waals surface area (Å²) in [6, 6.07) is 5.04. The maximum atomic E-state index is 12.5. The van der Waals surface area contributed by atoms with E-state index in [9.17, 15) is 14.4 Å². The first-order valence-electron chi connectivity index (χ1n) is 8.14. The summed E-state index contributed by atoms with van der Waals surface area (Å²) in [5.74, 6) is -0.602. The Balaban J connectivity index is 2.08. The highest BCUT2D eigenvalue weighted by Gasteiger charge is 2.44.